The second-order valence-corrected chi connectivity index (χ2v) is 12.5. The van der Waals surface area contributed by atoms with Gasteiger partial charge in [-0.2, -0.15) is 0 Å². The first-order valence-corrected chi connectivity index (χ1v) is 16.6. The minimum atomic E-state index is -0.781. The number of likely N-dealkylation sites (N-methyl/N-ethyl adjacent to an activating group) is 1. The number of carbonyl (C=O) groups excluding carboxylic acids is 3. The lowest BCUT2D eigenvalue weighted by Gasteiger charge is -2.29. The van der Waals surface area contributed by atoms with Crippen LogP contribution in [-0.2, 0) is 22.7 Å². The van der Waals surface area contributed by atoms with Crippen LogP contribution in [0.15, 0.2) is 97.1 Å². The summed E-state index contributed by atoms with van der Waals surface area (Å²) in [4.78, 5) is 40.2. The van der Waals surface area contributed by atoms with Gasteiger partial charge in [0.1, 0.15) is 24.2 Å². The van der Waals surface area contributed by atoms with Gasteiger partial charge in [0, 0.05) is 42.1 Å². The van der Waals surface area contributed by atoms with Gasteiger partial charge in [0.2, 0.25) is 11.8 Å². The quantitative estimate of drug-likeness (QED) is 0.104. The first-order valence-electron chi connectivity index (χ1n) is 16.1. The van der Waals surface area contributed by atoms with Crippen LogP contribution in [0.25, 0.3) is 11.1 Å². The Kier molecular flexibility index (Phi) is 10.3. The molecule has 0 radical (unpaired) electrons. The number of allylic oxidation sites excluding steroid dienone is 1. The van der Waals surface area contributed by atoms with Gasteiger partial charge in [-0.25, -0.2) is 4.39 Å². The molecule has 4 aromatic rings. The number of piperidine rings is 1. The fourth-order valence-corrected chi connectivity index (χ4v) is 6.64. The van der Waals surface area contributed by atoms with Crippen molar-refractivity contribution in [1.82, 2.24) is 15.1 Å². The lowest BCUT2D eigenvalue weighted by atomic mass is 9.88. The molecule has 48 heavy (non-hydrogen) atoms. The molecule has 0 aliphatic carbocycles. The number of nitrogens with zero attached hydrogens (tertiary/aromatic N) is 2. The monoisotopic (exact) mass is 665 g/mol. The smallest absolute Gasteiger partial charge is 0.255 e. The number of carbonyl (C=O) groups is 3. The van der Waals surface area contributed by atoms with Crippen LogP contribution < -0.4 is 10.1 Å². The van der Waals surface area contributed by atoms with Gasteiger partial charge < -0.3 is 9.64 Å². The molecule has 246 valence electrons. The van der Waals surface area contributed by atoms with Crippen molar-refractivity contribution in [2.45, 2.75) is 38.4 Å². The molecule has 0 spiro atoms. The number of nitrogens with one attached hydrogen (secondary N) is 1. The van der Waals surface area contributed by atoms with Crippen LogP contribution in [0.1, 0.15) is 57.4 Å². The van der Waals surface area contributed by atoms with Gasteiger partial charge in [0.25, 0.3) is 5.91 Å². The maximum Gasteiger partial charge on any atom is 0.255 e. The number of fused-ring (bicyclic) bond motifs is 1. The summed E-state index contributed by atoms with van der Waals surface area (Å²) >= 11 is 6.29. The highest BCUT2D eigenvalue weighted by Gasteiger charge is 2.40. The van der Waals surface area contributed by atoms with Gasteiger partial charge in [-0.05, 0) is 65.9 Å². The van der Waals surface area contributed by atoms with Crippen LogP contribution in [0, 0.1) is 5.82 Å². The Labute approximate surface area is 285 Å². The van der Waals surface area contributed by atoms with E-state index in [4.69, 9.17) is 16.3 Å². The molecule has 2 heterocycles. The minimum Gasteiger partial charge on any atom is -0.492 e. The molecule has 0 bridgehead atoms. The molecule has 2 aliphatic heterocycles. The molecule has 7 nitrogen and oxygen atoms in total. The summed E-state index contributed by atoms with van der Waals surface area (Å²) < 4.78 is 21.7. The van der Waals surface area contributed by atoms with Crippen LogP contribution in [0.2, 0.25) is 0 Å². The highest BCUT2D eigenvalue weighted by Crippen LogP contribution is 2.35. The third kappa shape index (κ3) is 7.20. The topological polar surface area (TPSA) is 79.0 Å². The zero-order valence-corrected chi connectivity index (χ0v) is 27.5. The van der Waals surface area contributed by atoms with Gasteiger partial charge in [-0.15, -0.1) is 11.6 Å². The second kappa shape index (κ2) is 15.0. The highest BCUT2D eigenvalue weighted by molar-refractivity contribution is 6.18. The van der Waals surface area contributed by atoms with E-state index in [2.05, 4.69) is 41.7 Å². The van der Waals surface area contributed by atoms with Crippen LogP contribution in [-0.4, -0.2) is 59.6 Å². The molecule has 1 unspecified atom stereocenters. The molecule has 0 aromatic heterocycles. The van der Waals surface area contributed by atoms with Crippen molar-refractivity contribution in [3.63, 3.8) is 0 Å². The van der Waals surface area contributed by atoms with E-state index in [9.17, 15) is 14.4 Å². The lowest BCUT2D eigenvalue weighted by Crippen LogP contribution is -2.52. The van der Waals surface area contributed by atoms with Gasteiger partial charge in [0.05, 0.1) is 6.54 Å². The van der Waals surface area contributed by atoms with E-state index in [-0.39, 0.29) is 42.3 Å². The molecule has 1 N–H and O–H groups in total. The number of imide groups is 1. The molecule has 0 saturated carbocycles. The molecule has 2 aliphatic rings. The molecular weight excluding hydrogens is 629 g/mol. The Balaban J connectivity index is 1.10. The summed E-state index contributed by atoms with van der Waals surface area (Å²) in [7, 11) is 1.89. The summed E-state index contributed by atoms with van der Waals surface area (Å²) in [5.41, 5.74) is 6.64. The van der Waals surface area contributed by atoms with Gasteiger partial charge in [0.15, 0.2) is 0 Å². The molecule has 9 heteroatoms. The Morgan fingerprint density at radius 1 is 0.917 bits per heavy atom. The maximum atomic E-state index is 15.6. The highest BCUT2D eigenvalue weighted by atomic mass is 35.5. The average molecular weight is 666 g/mol. The van der Waals surface area contributed by atoms with E-state index in [1.807, 2.05) is 60.5 Å². The van der Waals surface area contributed by atoms with Crippen molar-refractivity contribution in [2.24, 2.45) is 0 Å². The summed E-state index contributed by atoms with van der Waals surface area (Å²) in [5.74, 6) is -0.468. The van der Waals surface area contributed by atoms with Crippen molar-refractivity contribution in [2.75, 3.05) is 26.1 Å². The number of halogens is 2. The van der Waals surface area contributed by atoms with E-state index in [0.717, 1.165) is 34.4 Å². The number of hydrogen-bond donors (Lipinski definition) is 1. The summed E-state index contributed by atoms with van der Waals surface area (Å²) in [6.07, 6.45) is 1.11. The van der Waals surface area contributed by atoms with Crippen LogP contribution in [0.5, 0.6) is 5.75 Å². The summed E-state index contributed by atoms with van der Waals surface area (Å²) in [6, 6.07) is 31.2. The zero-order valence-electron chi connectivity index (χ0n) is 26.8. The number of benzene rings is 4. The molecule has 4 aromatic carbocycles. The third-order valence-electron chi connectivity index (χ3n) is 8.89. The van der Waals surface area contributed by atoms with Crippen molar-refractivity contribution in [3.8, 4) is 5.75 Å². The number of amides is 3. The van der Waals surface area contributed by atoms with Crippen molar-refractivity contribution >= 4 is 40.5 Å². The predicted octanol–water partition coefficient (Wildman–Crippen LogP) is 6.69. The normalized spacial score (nSPS) is 16.5. The van der Waals surface area contributed by atoms with Crippen LogP contribution in [0.4, 0.5) is 4.39 Å². The number of hydrogen-bond acceptors (Lipinski definition) is 5. The summed E-state index contributed by atoms with van der Waals surface area (Å²) in [5, 5.41) is 2.28. The van der Waals surface area contributed by atoms with Gasteiger partial charge in [-0.1, -0.05) is 78.9 Å². The molecule has 1 saturated heterocycles. The zero-order chi connectivity index (χ0) is 33.6. The van der Waals surface area contributed by atoms with E-state index in [0.29, 0.717) is 31.1 Å². The first kappa shape index (κ1) is 33.1. The Bertz CT molecular complexity index is 1830. The molecule has 1 fully saturated rings. The first-order chi connectivity index (χ1) is 23.3. The molecular formula is C39H37ClFN3O4. The Morgan fingerprint density at radius 3 is 2.25 bits per heavy atom. The van der Waals surface area contributed by atoms with Crippen LogP contribution >= 0.6 is 11.6 Å². The van der Waals surface area contributed by atoms with E-state index in [1.54, 1.807) is 12.1 Å². The summed E-state index contributed by atoms with van der Waals surface area (Å²) in [6.45, 7) is 1.26. The maximum absolute atomic E-state index is 15.6. The Hall–Kier alpha value is -4.79. The Morgan fingerprint density at radius 2 is 1.58 bits per heavy atom. The fraction of sp³-hybridized carbons (Fsp3) is 0.256. The molecule has 3 amide bonds. The van der Waals surface area contributed by atoms with Crippen molar-refractivity contribution < 1.29 is 23.5 Å². The van der Waals surface area contributed by atoms with Crippen molar-refractivity contribution in [3.05, 3.63) is 136 Å². The standard InChI is InChI=1S/C39H37ClFN3O4/c1-43(24-29-14-17-32-33(37(29)41)25-44(39(32)47)34-18-19-35(45)42-38(34)46)22-23-48-30-15-12-28(13-16-30)36(27-10-6-3-7-11-27)31(20-21-40)26-8-4-2-5-9-26/h2-17,34H,18-25H2,1H3,(H,42,45,46). The van der Waals surface area contributed by atoms with E-state index < -0.39 is 17.8 Å². The molecule has 6 rings (SSSR count). The van der Waals surface area contributed by atoms with Gasteiger partial charge >= 0.3 is 0 Å². The average Bonchev–Trinajstić information content (AvgIpc) is 3.43. The fourth-order valence-electron chi connectivity index (χ4n) is 6.45. The second-order valence-electron chi connectivity index (χ2n) is 12.1. The minimum absolute atomic E-state index is 0.00281. The largest absolute Gasteiger partial charge is 0.492 e. The van der Waals surface area contributed by atoms with Crippen molar-refractivity contribution in [1.29, 1.82) is 0 Å². The molecule has 1 atom stereocenters. The predicted molar refractivity (Wildman–Crippen MR) is 185 cm³/mol. The van der Waals surface area contributed by atoms with E-state index >= 15 is 4.39 Å². The van der Waals surface area contributed by atoms with Crippen LogP contribution in [0.3, 0.4) is 0 Å². The number of alkyl halides is 1. The van der Waals surface area contributed by atoms with E-state index in [1.165, 1.54) is 10.5 Å². The third-order valence-corrected chi connectivity index (χ3v) is 9.07. The number of ether oxygens (including phenoxy) is 1. The SMILES string of the molecule is CN(CCOc1ccc(C(=C(CCCl)c2ccccc2)c2ccccc2)cc1)Cc1ccc2c(c1F)CN(C1CCC(=O)NC1=O)C2=O. The van der Waals surface area contributed by atoms with Gasteiger partial charge in [-0.3, -0.25) is 24.6 Å². The lowest BCUT2D eigenvalue weighted by molar-refractivity contribution is -0.136. The number of rotatable bonds is 12.